The first kappa shape index (κ1) is 21.6. The topological polar surface area (TPSA) is 42.3 Å². The van der Waals surface area contributed by atoms with Crippen molar-refractivity contribution in [3.8, 4) is 0 Å². The third-order valence-electron chi connectivity index (χ3n) is 4.99. The lowest BCUT2D eigenvalue weighted by Gasteiger charge is -2.30. The second kappa shape index (κ2) is 9.34. The molecule has 1 aromatic heterocycles. The summed E-state index contributed by atoms with van der Waals surface area (Å²) in [6.45, 7) is 12.1. The highest BCUT2D eigenvalue weighted by atomic mass is 79.9. The van der Waals surface area contributed by atoms with Crippen LogP contribution in [0.3, 0.4) is 0 Å². The van der Waals surface area contributed by atoms with Gasteiger partial charge in [-0.2, -0.15) is 4.40 Å². The van der Waals surface area contributed by atoms with Gasteiger partial charge in [-0.1, -0.05) is 45.8 Å². The predicted molar refractivity (Wildman–Crippen MR) is 109 cm³/mol. The van der Waals surface area contributed by atoms with Crippen LogP contribution in [0.5, 0.6) is 0 Å². The molecule has 1 aromatic rings. The maximum Gasteiger partial charge on any atom is 0.142 e. The van der Waals surface area contributed by atoms with Crippen LogP contribution in [-0.4, -0.2) is 28.2 Å². The molecule has 24 heavy (non-hydrogen) atoms. The van der Waals surface area contributed by atoms with Gasteiger partial charge in [0.2, 0.25) is 0 Å². The van der Waals surface area contributed by atoms with Crippen LogP contribution in [0.1, 0.15) is 53.7 Å². The van der Waals surface area contributed by atoms with Crippen molar-refractivity contribution >= 4 is 45.9 Å². The summed E-state index contributed by atoms with van der Waals surface area (Å²) in [6.07, 6.45) is 0.786. The molecule has 0 saturated heterocycles. The van der Waals surface area contributed by atoms with Crippen LogP contribution in [0.25, 0.3) is 0 Å². The zero-order chi connectivity index (χ0) is 18.5. The summed E-state index contributed by atoms with van der Waals surface area (Å²) in [5.74, 6) is -0.215. The van der Waals surface area contributed by atoms with Crippen molar-refractivity contribution in [1.29, 1.82) is 0 Å². The van der Waals surface area contributed by atoms with E-state index in [1.54, 1.807) is 6.92 Å². The molecule has 1 heterocycles. The lowest BCUT2D eigenvalue weighted by Crippen LogP contribution is -2.50. The molecule has 0 saturated carbocycles. The number of nitrogens with zero attached hydrogens (tertiary/aromatic N) is 2. The van der Waals surface area contributed by atoms with Gasteiger partial charge in [0.15, 0.2) is 0 Å². The molecule has 136 valence electrons. The van der Waals surface area contributed by atoms with Gasteiger partial charge in [0.25, 0.3) is 0 Å². The van der Waals surface area contributed by atoms with Crippen molar-refractivity contribution < 1.29 is 8.60 Å². The van der Waals surface area contributed by atoms with Gasteiger partial charge in [-0.05, 0) is 36.2 Å². The minimum atomic E-state index is -1.99. The van der Waals surface area contributed by atoms with E-state index >= 15 is 0 Å². The van der Waals surface area contributed by atoms with Crippen molar-refractivity contribution in [3.05, 3.63) is 22.2 Å². The largest absolute Gasteiger partial charge is 0.240 e. The van der Waals surface area contributed by atoms with Gasteiger partial charge in [0.1, 0.15) is 21.4 Å². The van der Waals surface area contributed by atoms with Crippen LogP contribution >= 0.6 is 15.9 Å². The van der Waals surface area contributed by atoms with Gasteiger partial charge in [0, 0.05) is 11.3 Å². The molecule has 2 atom stereocenters. The fourth-order valence-electron chi connectivity index (χ4n) is 2.94. The Morgan fingerprint density at radius 2 is 1.88 bits per heavy atom. The fourth-order valence-corrected chi connectivity index (χ4v) is 8.02. The molecule has 0 aliphatic carbocycles. The first-order valence-electron chi connectivity index (χ1n) is 8.59. The summed E-state index contributed by atoms with van der Waals surface area (Å²) < 4.78 is 32.0. The van der Waals surface area contributed by atoms with E-state index in [4.69, 9.17) is 0 Å². The molecule has 0 spiro atoms. The molecule has 0 radical (unpaired) electrons. The molecule has 1 unspecified atom stereocenters. The molecule has 0 aliphatic heterocycles. The smallest absolute Gasteiger partial charge is 0.142 e. The van der Waals surface area contributed by atoms with Crippen molar-refractivity contribution in [2.24, 2.45) is 4.40 Å². The van der Waals surface area contributed by atoms with Gasteiger partial charge < -0.3 is 0 Å². The molecule has 1 rings (SSSR count). The monoisotopic (exact) mass is 434 g/mol. The predicted octanol–water partition coefficient (Wildman–Crippen LogP) is 4.97. The summed E-state index contributed by atoms with van der Waals surface area (Å²) in [5, 5.41) is 0.714. The average molecular weight is 435 g/mol. The second-order valence-electron chi connectivity index (χ2n) is 6.16. The van der Waals surface area contributed by atoms with Crippen molar-refractivity contribution in [2.75, 3.05) is 0 Å². The molecular weight excluding hydrogens is 407 g/mol. The highest BCUT2D eigenvalue weighted by molar-refractivity contribution is 9.10. The van der Waals surface area contributed by atoms with E-state index in [1.807, 2.05) is 13.8 Å². The first-order valence-corrected chi connectivity index (χ1v) is 13.2. The zero-order valence-electron chi connectivity index (χ0n) is 15.4. The quantitative estimate of drug-likeness (QED) is 0.329. The summed E-state index contributed by atoms with van der Waals surface area (Å²) in [6, 6.07) is 4.30. The maximum absolute atomic E-state index is 14.9. The van der Waals surface area contributed by atoms with E-state index in [0.29, 0.717) is 16.0 Å². The van der Waals surface area contributed by atoms with Crippen molar-refractivity contribution in [3.63, 3.8) is 0 Å². The third-order valence-corrected chi connectivity index (χ3v) is 12.5. The van der Waals surface area contributed by atoms with Crippen LogP contribution in [0.15, 0.2) is 15.1 Å². The Morgan fingerprint density at radius 1 is 1.33 bits per heavy atom. The van der Waals surface area contributed by atoms with Crippen LogP contribution in [0.4, 0.5) is 4.39 Å². The number of hydrogen-bond acceptors (Lipinski definition) is 2. The Morgan fingerprint density at radius 3 is 2.33 bits per heavy atom. The number of halogens is 2. The van der Waals surface area contributed by atoms with E-state index < -0.39 is 19.1 Å². The van der Waals surface area contributed by atoms with Gasteiger partial charge in [-0.15, -0.1) is 0 Å². The number of hydrogen-bond donors (Lipinski definition) is 0. The maximum atomic E-state index is 14.9. The van der Waals surface area contributed by atoms with Gasteiger partial charge in [0.05, 0.1) is 24.7 Å². The standard InChI is InChI=1S/C17H28BrFN2OSSi/c1-7-12(5)23(22)21-13(6)16-17(14(19)11-15(18)20-16)24(8-2,9-3)10-4/h11-12H,7-10H2,1-6H3/t12-,23?/m1/s1. The summed E-state index contributed by atoms with van der Waals surface area (Å²) >= 11 is 3.29. The van der Waals surface area contributed by atoms with E-state index in [1.165, 1.54) is 6.07 Å². The summed E-state index contributed by atoms with van der Waals surface area (Å²) in [5.41, 5.74) is 1.15. The summed E-state index contributed by atoms with van der Waals surface area (Å²) in [4.78, 5) is 4.53. The zero-order valence-corrected chi connectivity index (χ0v) is 18.9. The van der Waals surface area contributed by atoms with Crippen molar-refractivity contribution in [1.82, 2.24) is 4.98 Å². The summed E-state index contributed by atoms with van der Waals surface area (Å²) in [7, 11) is -3.32. The number of rotatable bonds is 8. The Hall–Kier alpha value is -0.403. The molecular formula is C17H28BrFN2OSSi. The van der Waals surface area contributed by atoms with Gasteiger partial charge >= 0.3 is 0 Å². The van der Waals surface area contributed by atoms with E-state index in [2.05, 4.69) is 46.1 Å². The minimum Gasteiger partial charge on any atom is -0.240 e. The molecule has 0 aliphatic rings. The molecule has 0 fully saturated rings. The van der Waals surface area contributed by atoms with Gasteiger partial charge in [-0.25, -0.2) is 13.6 Å². The third kappa shape index (κ3) is 4.61. The SMILES string of the molecule is CC[C@@H](C)S(=O)N=C(C)c1nc(Br)cc(F)c1[Si](CC)(CC)CC. The van der Waals surface area contributed by atoms with E-state index in [-0.39, 0.29) is 11.1 Å². The normalized spacial score (nSPS) is 15.4. The fraction of sp³-hybridized carbons (Fsp3) is 0.647. The number of pyridine rings is 1. The molecule has 3 nitrogen and oxygen atoms in total. The van der Waals surface area contributed by atoms with Crippen molar-refractivity contribution in [2.45, 2.75) is 71.3 Å². The van der Waals surface area contributed by atoms with E-state index in [9.17, 15) is 8.60 Å². The molecule has 0 aromatic carbocycles. The van der Waals surface area contributed by atoms with E-state index in [0.717, 1.165) is 29.7 Å². The Bertz CT molecular complexity index is 627. The van der Waals surface area contributed by atoms with Crippen LogP contribution in [-0.2, 0) is 11.0 Å². The van der Waals surface area contributed by atoms with Crippen LogP contribution in [0.2, 0.25) is 18.1 Å². The lowest BCUT2D eigenvalue weighted by atomic mass is 10.2. The average Bonchev–Trinajstić information content (AvgIpc) is 2.56. The molecule has 0 amide bonds. The first-order chi connectivity index (χ1) is 11.3. The Labute approximate surface area is 157 Å². The van der Waals surface area contributed by atoms with Crippen LogP contribution < -0.4 is 5.19 Å². The minimum absolute atomic E-state index is 0.0223. The highest BCUT2D eigenvalue weighted by Crippen LogP contribution is 2.24. The Balaban J connectivity index is 3.58. The highest BCUT2D eigenvalue weighted by Gasteiger charge is 2.36. The molecule has 0 N–H and O–H groups in total. The number of aromatic nitrogens is 1. The van der Waals surface area contributed by atoms with Crippen LogP contribution in [0, 0.1) is 5.82 Å². The second-order valence-corrected chi connectivity index (χ2v) is 13.7. The Kier molecular flexibility index (Phi) is 8.42. The van der Waals surface area contributed by atoms with Gasteiger partial charge in [-0.3, -0.25) is 0 Å². The lowest BCUT2D eigenvalue weighted by molar-refractivity contribution is 0.630. The molecule has 7 heteroatoms. The molecule has 0 bridgehead atoms.